The Bertz CT molecular complexity index is 756. The molecule has 1 aromatic rings. The Morgan fingerprint density at radius 3 is 2.84 bits per heavy atom. The van der Waals surface area contributed by atoms with Crippen molar-refractivity contribution in [3.63, 3.8) is 0 Å². The van der Waals surface area contributed by atoms with E-state index in [1.54, 1.807) is 20.9 Å². The highest BCUT2D eigenvalue weighted by Crippen LogP contribution is 2.31. The molecule has 25 heavy (non-hydrogen) atoms. The van der Waals surface area contributed by atoms with Crippen LogP contribution in [0.1, 0.15) is 43.7 Å². The lowest BCUT2D eigenvalue weighted by Crippen LogP contribution is -2.57. The molecule has 1 fully saturated rings. The van der Waals surface area contributed by atoms with E-state index in [1.165, 1.54) is 30.4 Å². The van der Waals surface area contributed by atoms with E-state index in [4.69, 9.17) is 0 Å². The monoisotopic (exact) mass is 363 g/mol. The molecule has 1 aromatic carbocycles. The third-order valence-electron chi connectivity index (χ3n) is 5.56. The molecule has 0 amide bonds. The molecule has 5 nitrogen and oxygen atoms in total. The van der Waals surface area contributed by atoms with E-state index in [9.17, 15) is 8.42 Å². The zero-order chi connectivity index (χ0) is 18.1. The van der Waals surface area contributed by atoms with E-state index in [2.05, 4.69) is 39.5 Å². The Morgan fingerprint density at radius 1 is 1.36 bits per heavy atom. The molecule has 1 aliphatic carbocycles. The highest BCUT2D eigenvalue weighted by atomic mass is 32.2. The van der Waals surface area contributed by atoms with Crippen LogP contribution < -0.4 is 5.32 Å². The van der Waals surface area contributed by atoms with Crippen LogP contribution >= 0.6 is 0 Å². The first-order chi connectivity index (χ1) is 11.8. The first-order valence-corrected chi connectivity index (χ1v) is 10.7. The molecule has 2 aliphatic rings. The van der Waals surface area contributed by atoms with Crippen LogP contribution in [0.15, 0.2) is 29.3 Å². The first-order valence-electron chi connectivity index (χ1n) is 9.10. The normalized spacial score (nSPS) is 25.3. The van der Waals surface area contributed by atoms with Gasteiger partial charge in [-0.25, -0.2) is 8.42 Å². The molecule has 3 rings (SSSR count). The van der Waals surface area contributed by atoms with Gasteiger partial charge in [0, 0.05) is 32.6 Å². The first kappa shape index (κ1) is 18.2. The fourth-order valence-corrected chi connectivity index (χ4v) is 5.30. The van der Waals surface area contributed by atoms with Gasteiger partial charge < -0.3 is 10.2 Å². The van der Waals surface area contributed by atoms with Crippen LogP contribution in [0.3, 0.4) is 0 Å². The number of rotatable bonds is 2. The quantitative estimate of drug-likeness (QED) is 0.646. The molecular formula is C19H29N3O2S. The second-order valence-electron chi connectivity index (χ2n) is 7.72. The van der Waals surface area contributed by atoms with Crippen molar-refractivity contribution in [3.05, 3.63) is 35.4 Å². The largest absolute Gasteiger partial charge is 0.356 e. The van der Waals surface area contributed by atoms with Gasteiger partial charge in [-0.2, -0.15) is 0 Å². The van der Waals surface area contributed by atoms with Crippen molar-refractivity contribution in [3.8, 4) is 0 Å². The molecule has 138 valence electrons. The summed E-state index contributed by atoms with van der Waals surface area (Å²) in [5, 5.41) is 3.50. The number of hydrogen-bond acceptors (Lipinski definition) is 3. The number of aliphatic imine (C=N–C) groups is 1. The van der Waals surface area contributed by atoms with Gasteiger partial charge in [0.15, 0.2) is 15.8 Å². The molecule has 0 spiro atoms. The fraction of sp³-hybridized carbons (Fsp3) is 0.632. The van der Waals surface area contributed by atoms with E-state index in [1.807, 2.05) is 0 Å². The zero-order valence-corrected chi connectivity index (χ0v) is 16.3. The SMILES string of the molecule is CN=C(NCC1CCCc2ccccc21)N1CCS(=O)(=O)C(C)(C)C1. The Kier molecular flexibility index (Phi) is 5.09. The van der Waals surface area contributed by atoms with Crippen LogP contribution in [-0.2, 0) is 16.3 Å². The fourth-order valence-electron chi connectivity index (χ4n) is 3.94. The summed E-state index contributed by atoms with van der Waals surface area (Å²) in [7, 11) is -1.26. The highest BCUT2D eigenvalue weighted by molar-refractivity contribution is 7.92. The molecule has 1 unspecified atom stereocenters. The smallest absolute Gasteiger partial charge is 0.193 e. The Morgan fingerprint density at radius 2 is 2.12 bits per heavy atom. The van der Waals surface area contributed by atoms with Crippen LogP contribution in [0.2, 0.25) is 0 Å². The summed E-state index contributed by atoms with van der Waals surface area (Å²) in [6, 6.07) is 8.70. The number of sulfone groups is 1. The van der Waals surface area contributed by atoms with Crippen LogP contribution in [0, 0.1) is 0 Å². The van der Waals surface area contributed by atoms with Crippen molar-refractivity contribution < 1.29 is 8.42 Å². The zero-order valence-electron chi connectivity index (χ0n) is 15.5. The van der Waals surface area contributed by atoms with Crippen molar-refractivity contribution >= 4 is 15.8 Å². The molecule has 0 aromatic heterocycles. The van der Waals surface area contributed by atoms with Crippen LogP contribution in [0.5, 0.6) is 0 Å². The maximum atomic E-state index is 12.2. The number of nitrogens with one attached hydrogen (secondary N) is 1. The maximum absolute atomic E-state index is 12.2. The van der Waals surface area contributed by atoms with Gasteiger partial charge in [-0.1, -0.05) is 24.3 Å². The molecule has 1 saturated heterocycles. The van der Waals surface area contributed by atoms with Gasteiger partial charge in [0.1, 0.15) is 0 Å². The van der Waals surface area contributed by atoms with E-state index < -0.39 is 14.6 Å². The molecule has 1 aliphatic heterocycles. The van der Waals surface area contributed by atoms with Crippen molar-refractivity contribution in [1.29, 1.82) is 0 Å². The van der Waals surface area contributed by atoms with Gasteiger partial charge in [0.05, 0.1) is 10.5 Å². The lowest BCUT2D eigenvalue weighted by molar-refractivity contribution is 0.351. The number of aryl methyl sites for hydroxylation is 1. The molecule has 1 atom stereocenters. The summed E-state index contributed by atoms with van der Waals surface area (Å²) in [6.07, 6.45) is 3.57. The summed E-state index contributed by atoms with van der Waals surface area (Å²) in [4.78, 5) is 6.48. The van der Waals surface area contributed by atoms with E-state index in [0.29, 0.717) is 19.0 Å². The molecular weight excluding hydrogens is 334 g/mol. The second-order valence-corrected chi connectivity index (χ2v) is 10.5. The minimum atomic E-state index is -3.04. The van der Waals surface area contributed by atoms with Gasteiger partial charge in [0.2, 0.25) is 0 Å². The molecule has 1 heterocycles. The third kappa shape index (κ3) is 3.68. The maximum Gasteiger partial charge on any atom is 0.193 e. The van der Waals surface area contributed by atoms with Crippen molar-refractivity contribution in [2.45, 2.75) is 43.8 Å². The highest BCUT2D eigenvalue weighted by Gasteiger charge is 2.41. The Balaban J connectivity index is 1.67. The van der Waals surface area contributed by atoms with Crippen LogP contribution in [0.25, 0.3) is 0 Å². The lowest BCUT2D eigenvalue weighted by atomic mass is 9.83. The molecule has 0 radical (unpaired) electrons. The van der Waals surface area contributed by atoms with Gasteiger partial charge in [-0.3, -0.25) is 4.99 Å². The summed E-state index contributed by atoms with van der Waals surface area (Å²) >= 11 is 0. The predicted octanol–water partition coefficient (Wildman–Crippen LogP) is 2.19. The molecule has 6 heteroatoms. The number of nitrogens with zero attached hydrogens (tertiary/aromatic N) is 2. The molecule has 1 N–H and O–H groups in total. The van der Waals surface area contributed by atoms with Gasteiger partial charge >= 0.3 is 0 Å². The Hall–Kier alpha value is -1.56. The number of benzene rings is 1. The average Bonchev–Trinajstić information content (AvgIpc) is 2.58. The summed E-state index contributed by atoms with van der Waals surface area (Å²) in [6.45, 7) is 5.44. The summed E-state index contributed by atoms with van der Waals surface area (Å²) < 4.78 is 23.7. The lowest BCUT2D eigenvalue weighted by Gasteiger charge is -2.39. The average molecular weight is 364 g/mol. The van der Waals surface area contributed by atoms with Crippen LogP contribution in [-0.4, -0.2) is 56.5 Å². The number of hydrogen-bond donors (Lipinski definition) is 1. The number of fused-ring (bicyclic) bond motifs is 1. The number of guanidine groups is 1. The Labute approximate surface area is 151 Å². The second kappa shape index (κ2) is 6.98. The topological polar surface area (TPSA) is 61.8 Å². The van der Waals surface area contributed by atoms with E-state index in [-0.39, 0.29) is 5.75 Å². The minimum absolute atomic E-state index is 0.187. The van der Waals surface area contributed by atoms with Crippen molar-refractivity contribution in [2.75, 3.05) is 32.4 Å². The van der Waals surface area contributed by atoms with Gasteiger partial charge in [-0.15, -0.1) is 0 Å². The standard InChI is InChI=1S/C19H29N3O2S/c1-19(2)14-22(11-12-25(19,23)24)18(20-3)21-13-16-9-6-8-15-7-4-5-10-17(15)16/h4-5,7,10,16H,6,8-9,11-14H2,1-3H3,(H,20,21). The van der Waals surface area contributed by atoms with E-state index >= 15 is 0 Å². The van der Waals surface area contributed by atoms with E-state index in [0.717, 1.165) is 12.5 Å². The van der Waals surface area contributed by atoms with Crippen molar-refractivity contribution in [2.24, 2.45) is 4.99 Å². The van der Waals surface area contributed by atoms with Gasteiger partial charge in [-0.05, 0) is 44.2 Å². The summed E-state index contributed by atoms with van der Waals surface area (Å²) in [5.74, 6) is 1.49. The van der Waals surface area contributed by atoms with Gasteiger partial charge in [0.25, 0.3) is 0 Å². The molecule has 0 saturated carbocycles. The molecule has 0 bridgehead atoms. The predicted molar refractivity (Wildman–Crippen MR) is 103 cm³/mol. The summed E-state index contributed by atoms with van der Waals surface area (Å²) in [5.41, 5.74) is 2.90. The third-order valence-corrected chi connectivity index (χ3v) is 8.09. The van der Waals surface area contributed by atoms with Crippen LogP contribution in [0.4, 0.5) is 0 Å². The van der Waals surface area contributed by atoms with Crippen molar-refractivity contribution in [1.82, 2.24) is 10.2 Å². The minimum Gasteiger partial charge on any atom is -0.356 e.